The number of sulfonamides is 1. The molecule has 0 fully saturated rings. The maximum absolute atomic E-state index is 10.7. The molecule has 0 amide bonds. The van der Waals surface area contributed by atoms with Crippen molar-refractivity contribution in [2.75, 3.05) is 0 Å². The molecular weight excluding hydrogens is 242 g/mol. The van der Waals surface area contributed by atoms with Crippen LogP contribution in [0.25, 0.3) is 0 Å². The van der Waals surface area contributed by atoms with Gasteiger partial charge in [-0.15, -0.1) is 12.4 Å². The number of carbonyl (C=O) groups is 1. The Morgan fingerprint density at radius 2 is 1.80 bits per heavy atom. The Morgan fingerprint density at radius 3 is 2.27 bits per heavy atom. The topological polar surface area (TPSA) is 86.5 Å². The van der Waals surface area contributed by atoms with Gasteiger partial charge in [-0.25, -0.2) is 18.4 Å². The molecule has 0 spiro atoms. The second-order valence-corrected chi connectivity index (χ2v) is 3.99. The minimum Gasteiger partial charge on any atom is -0.448 e. The first-order valence-corrected chi connectivity index (χ1v) is 5.28. The molecule has 15 heavy (non-hydrogen) atoms. The summed E-state index contributed by atoms with van der Waals surface area (Å²) < 4.78 is 25.4. The fourth-order valence-corrected chi connectivity index (χ4v) is 1.02. The van der Waals surface area contributed by atoms with E-state index in [-0.39, 0.29) is 19.0 Å². The van der Waals surface area contributed by atoms with E-state index < -0.39 is 15.3 Å². The fraction of sp³-hybridized carbons (Fsp3) is 0.125. The molecule has 0 atom stereocenters. The molecule has 5 nitrogen and oxygen atoms in total. The van der Waals surface area contributed by atoms with Crippen LogP contribution in [0.3, 0.4) is 0 Å². The summed E-state index contributed by atoms with van der Waals surface area (Å²) in [6, 6.07) is 8.71. The lowest BCUT2D eigenvalue weighted by atomic mass is 10.2. The molecule has 1 rings (SSSR count). The summed E-state index contributed by atoms with van der Waals surface area (Å²) in [5.41, 5.74) is 0.699. The number of nitrogens with two attached hydrogens (primary N) is 1. The zero-order valence-corrected chi connectivity index (χ0v) is 9.25. The standard InChI is InChI=1S/C8H9NO4S.ClH/c9-14(11,12)8(10)13-6-7-4-2-1-3-5-7;/h1-5H,6H2,(H2,9,11,12);1H. The Morgan fingerprint density at radius 1 is 1.27 bits per heavy atom. The van der Waals surface area contributed by atoms with Crippen LogP contribution in [-0.4, -0.2) is 13.7 Å². The Bertz CT molecular complexity index is 418. The van der Waals surface area contributed by atoms with E-state index >= 15 is 0 Å². The van der Waals surface area contributed by atoms with Gasteiger partial charge < -0.3 is 4.74 Å². The highest BCUT2D eigenvalue weighted by molar-refractivity contribution is 8.03. The average molecular weight is 252 g/mol. The van der Waals surface area contributed by atoms with Crippen LogP contribution in [0.5, 0.6) is 0 Å². The van der Waals surface area contributed by atoms with Gasteiger partial charge in [0.2, 0.25) is 0 Å². The normalized spacial score (nSPS) is 10.2. The largest absolute Gasteiger partial charge is 0.448 e. The van der Waals surface area contributed by atoms with Crippen molar-refractivity contribution < 1.29 is 17.9 Å². The van der Waals surface area contributed by atoms with Crippen LogP contribution in [0.15, 0.2) is 30.3 Å². The molecule has 0 unspecified atom stereocenters. The van der Waals surface area contributed by atoms with Gasteiger partial charge in [0.1, 0.15) is 6.61 Å². The van der Waals surface area contributed by atoms with E-state index in [0.717, 1.165) is 0 Å². The predicted molar refractivity (Wildman–Crippen MR) is 57.0 cm³/mol. The molecule has 7 heteroatoms. The van der Waals surface area contributed by atoms with Crippen molar-refractivity contribution in [2.24, 2.45) is 5.14 Å². The number of halogens is 1. The van der Waals surface area contributed by atoms with Crippen LogP contribution in [0.4, 0.5) is 4.79 Å². The number of hydrogen-bond acceptors (Lipinski definition) is 4. The van der Waals surface area contributed by atoms with Crippen molar-refractivity contribution in [3.63, 3.8) is 0 Å². The number of carbonyl (C=O) groups excluding carboxylic acids is 1. The van der Waals surface area contributed by atoms with E-state index in [1.807, 2.05) is 0 Å². The summed E-state index contributed by atoms with van der Waals surface area (Å²) >= 11 is 0. The number of hydrogen-bond donors (Lipinski definition) is 1. The maximum atomic E-state index is 10.7. The van der Waals surface area contributed by atoms with Crippen molar-refractivity contribution in [1.29, 1.82) is 0 Å². The van der Waals surface area contributed by atoms with Crippen LogP contribution >= 0.6 is 12.4 Å². The second-order valence-electron chi connectivity index (χ2n) is 2.57. The van der Waals surface area contributed by atoms with Crippen molar-refractivity contribution in [2.45, 2.75) is 6.61 Å². The van der Waals surface area contributed by atoms with E-state index in [1.165, 1.54) is 0 Å². The van der Waals surface area contributed by atoms with Gasteiger partial charge in [0.15, 0.2) is 0 Å². The molecule has 0 bridgehead atoms. The van der Waals surface area contributed by atoms with Gasteiger partial charge in [0, 0.05) is 0 Å². The molecule has 0 aliphatic rings. The SMILES string of the molecule is Cl.NS(=O)(=O)C(=O)OCc1ccccc1. The zero-order chi connectivity index (χ0) is 10.6. The molecule has 2 N–H and O–H groups in total. The van der Waals surface area contributed by atoms with Crippen LogP contribution in [0.1, 0.15) is 5.56 Å². The van der Waals surface area contributed by atoms with E-state index in [9.17, 15) is 13.2 Å². The summed E-state index contributed by atoms with van der Waals surface area (Å²) in [6.07, 6.45) is 0. The van der Waals surface area contributed by atoms with Gasteiger partial charge in [-0.05, 0) is 5.56 Å². The highest BCUT2D eigenvalue weighted by Crippen LogP contribution is 2.01. The average Bonchev–Trinajstić information content (AvgIpc) is 2.14. The summed E-state index contributed by atoms with van der Waals surface area (Å²) in [5, 5.41) is 3.13. The van der Waals surface area contributed by atoms with Gasteiger partial charge in [-0.2, -0.15) is 0 Å². The Labute approximate surface area is 93.7 Å². The number of benzene rings is 1. The minimum atomic E-state index is -4.23. The lowest BCUT2D eigenvalue weighted by molar-refractivity contribution is 0.166. The molecule has 0 saturated heterocycles. The Hall–Kier alpha value is -1.11. The Balaban J connectivity index is 0.00000196. The van der Waals surface area contributed by atoms with Crippen LogP contribution < -0.4 is 5.14 Å². The molecule has 0 aliphatic heterocycles. The lowest BCUT2D eigenvalue weighted by Gasteiger charge is -2.01. The summed E-state index contributed by atoms with van der Waals surface area (Å²) in [4.78, 5) is 10.7. The van der Waals surface area contributed by atoms with Gasteiger partial charge in [0.25, 0.3) is 0 Å². The summed E-state index contributed by atoms with van der Waals surface area (Å²) in [6.45, 7) is -0.101. The fourth-order valence-electron chi connectivity index (χ4n) is 0.799. The van der Waals surface area contributed by atoms with Crippen molar-refractivity contribution >= 4 is 27.7 Å². The molecule has 0 aromatic heterocycles. The Kier molecular flexibility index (Phi) is 5.27. The third-order valence-electron chi connectivity index (χ3n) is 1.43. The molecule has 0 heterocycles. The molecule has 84 valence electrons. The van der Waals surface area contributed by atoms with Gasteiger partial charge in [-0.1, -0.05) is 30.3 Å². The van der Waals surface area contributed by atoms with E-state index in [2.05, 4.69) is 9.88 Å². The number of rotatable bonds is 2. The first-order valence-electron chi connectivity index (χ1n) is 3.73. The first-order chi connectivity index (χ1) is 6.50. The highest BCUT2D eigenvalue weighted by Gasteiger charge is 2.17. The molecule has 0 radical (unpaired) electrons. The summed E-state index contributed by atoms with van der Waals surface area (Å²) in [5.74, 6) is 0. The molecule has 1 aromatic carbocycles. The van der Waals surface area contributed by atoms with Crippen LogP contribution in [-0.2, 0) is 21.4 Å². The smallest absolute Gasteiger partial charge is 0.439 e. The van der Waals surface area contributed by atoms with Gasteiger partial charge in [0.05, 0.1) is 0 Å². The predicted octanol–water partition coefficient (Wildman–Crippen LogP) is 1.03. The van der Waals surface area contributed by atoms with Crippen LogP contribution in [0, 0.1) is 0 Å². The summed E-state index contributed by atoms with van der Waals surface area (Å²) in [7, 11) is -4.23. The van der Waals surface area contributed by atoms with Crippen molar-refractivity contribution in [3.05, 3.63) is 35.9 Å². The molecular formula is C8H10ClNO4S. The molecule has 1 aromatic rings. The molecule has 0 aliphatic carbocycles. The van der Waals surface area contributed by atoms with Gasteiger partial charge in [-0.3, -0.25) is 0 Å². The second kappa shape index (κ2) is 5.69. The lowest BCUT2D eigenvalue weighted by Crippen LogP contribution is -2.24. The van der Waals surface area contributed by atoms with Crippen molar-refractivity contribution in [1.82, 2.24) is 0 Å². The quantitative estimate of drug-likeness (QED) is 0.796. The maximum Gasteiger partial charge on any atom is 0.439 e. The first kappa shape index (κ1) is 13.9. The molecule has 0 saturated carbocycles. The third-order valence-corrected chi connectivity index (χ3v) is 2.01. The monoisotopic (exact) mass is 251 g/mol. The van der Waals surface area contributed by atoms with E-state index in [4.69, 9.17) is 0 Å². The van der Waals surface area contributed by atoms with Gasteiger partial charge >= 0.3 is 15.3 Å². The van der Waals surface area contributed by atoms with Crippen molar-refractivity contribution in [3.8, 4) is 0 Å². The van der Waals surface area contributed by atoms with E-state index in [1.54, 1.807) is 30.3 Å². The van der Waals surface area contributed by atoms with Crippen LogP contribution in [0.2, 0.25) is 0 Å². The third kappa shape index (κ3) is 4.78. The van der Waals surface area contributed by atoms with E-state index in [0.29, 0.717) is 5.56 Å². The minimum absolute atomic E-state index is 0. The highest BCUT2D eigenvalue weighted by atomic mass is 35.5. The number of ether oxygens (including phenoxy) is 1. The zero-order valence-electron chi connectivity index (χ0n) is 7.62. The number of primary sulfonamides is 1.